The lowest BCUT2D eigenvalue weighted by molar-refractivity contribution is -0.122. The summed E-state index contributed by atoms with van der Waals surface area (Å²) in [6.07, 6.45) is -0.320. The predicted molar refractivity (Wildman–Crippen MR) is 102 cm³/mol. The molecule has 0 saturated carbocycles. The first kappa shape index (κ1) is 21.4. The highest BCUT2D eigenvalue weighted by Crippen LogP contribution is 2.47. The zero-order valence-corrected chi connectivity index (χ0v) is 17.5. The van der Waals surface area contributed by atoms with E-state index in [0.717, 1.165) is 0 Å². The topological polar surface area (TPSA) is 142 Å². The van der Waals surface area contributed by atoms with Crippen LogP contribution in [0.4, 0.5) is 0 Å². The second-order valence-electron chi connectivity index (χ2n) is 8.38. The molecule has 0 radical (unpaired) electrons. The molecule has 0 spiro atoms. The van der Waals surface area contributed by atoms with E-state index in [1.165, 1.54) is 16.8 Å². The highest BCUT2D eigenvalue weighted by Gasteiger charge is 2.57. The maximum absolute atomic E-state index is 12.2. The predicted octanol–water partition coefficient (Wildman–Crippen LogP) is 2.09. The van der Waals surface area contributed by atoms with Gasteiger partial charge in [0, 0.05) is 23.1 Å². The molecule has 0 aliphatic carbocycles. The van der Waals surface area contributed by atoms with Crippen LogP contribution in [0.2, 0.25) is 18.1 Å². The summed E-state index contributed by atoms with van der Waals surface area (Å²) in [4.78, 5) is 28.6. The third-order valence-corrected chi connectivity index (χ3v) is 9.95. The summed E-state index contributed by atoms with van der Waals surface area (Å²) < 4.78 is 13.6. The van der Waals surface area contributed by atoms with Crippen molar-refractivity contribution in [1.82, 2.24) is 9.55 Å². The number of aliphatic hydroxyl groups excluding tert-OH is 1. The first-order valence-corrected chi connectivity index (χ1v) is 11.6. The van der Waals surface area contributed by atoms with E-state index in [1.54, 1.807) is 6.92 Å². The molecule has 2 N–H and O–H groups in total. The Labute approximate surface area is 157 Å². The fourth-order valence-electron chi connectivity index (χ4n) is 2.89. The fraction of sp³-hybridized carbons (Fsp3) is 0.750. The molecule has 2 heterocycles. The smallest absolute Gasteiger partial charge is 0.330 e. The van der Waals surface area contributed by atoms with Crippen LogP contribution in [0, 0.1) is 5.92 Å². The molecule has 4 unspecified atom stereocenters. The number of rotatable bonds is 5. The van der Waals surface area contributed by atoms with Crippen LogP contribution in [-0.2, 0) is 9.16 Å². The molecule has 10 nitrogen and oxygen atoms in total. The summed E-state index contributed by atoms with van der Waals surface area (Å²) in [5.41, 5.74) is 6.20. The van der Waals surface area contributed by atoms with Gasteiger partial charge in [-0.3, -0.25) is 14.3 Å². The van der Waals surface area contributed by atoms with Gasteiger partial charge in [-0.05, 0) is 23.7 Å². The summed E-state index contributed by atoms with van der Waals surface area (Å²) in [5, 5.41) is 13.6. The highest BCUT2D eigenvalue weighted by atomic mass is 28.4. The zero-order chi connectivity index (χ0) is 20.6. The minimum atomic E-state index is -2.32. The molecule has 2 rings (SSSR count). The summed E-state index contributed by atoms with van der Waals surface area (Å²) in [6, 6.07) is 1.20. The number of hydrogen-bond acceptors (Lipinski definition) is 6. The van der Waals surface area contributed by atoms with E-state index in [1.807, 2.05) is 13.1 Å². The van der Waals surface area contributed by atoms with E-state index in [4.69, 9.17) is 14.7 Å². The Kier molecular flexibility index (Phi) is 5.74. The van der Waals surface area contributed by atoms with E-state index in [-0.39, 0.29) is 5.04 Å². The molecule has 1 aromatic rings. The number of aliphatic hydroxyl groups is 1. The Morgan fingerprint density at radius 3 is 2.59 bits per heavy atom. The molecule has 4 atom stereocenters. The second-order valence-corrected chi connectivity index (χ2v) is 13.1. The lowest BCUT2D eigenvalue weighted by Gasteiger charge is -2.42. The summed E-state index contributed by atoms with van der Waals surface area (Å²) in [6.45, 7) is 11.5. The van der Waals surface area contributed by atoms with Gasteiger partial charge in [0.25, 0.3) is 5.56 Å². The SMILES string of the molecule is CC1C(n2ccc(=O)[nH]c2=O)OC(CO)(N=[N+]=[N-])C1O[Si](C)(C)C(C)(C)C. The Morgan fingerprint density at radius 2 is 2.11 bits per heavy atom. The Morgan fingerprint density at radius 1 is 1.48 bits per heavy atom. The lowest BCUT2D eigenvalue weighted by Crippen LogP contribution is -2.52. The molecule has 0 aromatic carbocycles. The van der Waals surface area contributed by atoms with Crippen LogP contribution in [0.15, 0.2) is 27.0 Å². The van der Waals surface area contributed by atoms with Crippen molar-refractivity contribution in [2.45, 2.75) is 63.9 Å². The van der Waals surface area contributed by atoms with E-state index < -0.39 is 50.1 Å². The monoisotopic (exact) mass is 397 g/mol. The summed E-state index contributed by atoms with van der Waals surface area (Å²) in [7, 11) is -2.32. The van der Waals surface area contributed by atoms with Crippen molar-refractivity contribution >= 4 is 8.32 Å². The molecular weight excluding hydrogens is 370 g/mol. The average molecular weight is 398 g/mol. The molecule has 0 bridgehead atoms. The maximum atomic E-state index is 12.2. The van der Waals surface area contributed by atoms with Gasteiger partial charge in [0.2, 0.25) is 0 Å². The van der Waals surface area contributed by atoms with Crippen LogP contribution >= 0.6 is 0 Å². The third kappa shape index (κ3) is 3.87. The zero-order valence-electron chi connectivity index (χ0n) is 16.5. The van der Waals surface area contributed by atoms with Crippen molar-refractivity contribution in [3.05, 3.63) is 43.5 Å². The molecular formula is C16H27N5O5Si. The number of nitrogens with zero attached hydrogens (tertiary/aromatic N) is 4. The van der Waals surface area contributed by atoms with Gasteiger partial charge in [-0.15, -0.1) is 0 Å². The molecule has 1 aromatic heterocycles. The molecule has 1 fully saturated rings. The Hall–Kier alpha value is -1.91. The van der Waals surface area contributed by atoms with Gasteiger partial charge in [-0.25, -0.2) is 4.79 Å². The van der Waals surface area contributed by atoms with Crippen LogP contribution in [0.5, 0.6) is 0 Å². The van der Waals surface area contributed by atoms with Gasteiger partial charge >= 0.3 is 5.69 Å². The number of aromatic amines is 1. The van der Waals surface area contributed by atoms with Gasteiger partial charge in [0.15, 0.2) is 14.0 Å². The molecule has 0 amide bonds. The van der Waals surface area contributed by atoms with Crippen molar-refractivity contribution in [2.24, 2.45) is 11.0 Å². The summed E-state index contributed by atoms with van der Waals surface area (Å²) in [5.74, 6) is -0.430. The number of aromatic nitrogens is 2. The van der Waals surface area contributed by atoms with E-state index in [0.29, 0.717) is 0 Å². The largest absolute Gasteiger partial charge is 0.410 e. The van der Waals surface area contributed by atoms with Crippen LogP contribution in [0.1, 0.15) is 33.9 Å². The minimum Gasteiger partial charge on any atom is -0.410 e. The molecule has 1 aliphatic rings. The summed E-state index contributed by atoms with van der Waals surface area (Å²) >= 11 is 0. The van der Waals surface area contributed by atoms with E-state index in [9.17, 15) is 14.7 Å². The maximum Gasteiger partial charge on any atom is 0.330 e. The van der Waals surface area contributed by atoms with Crippen molar-refractivity contribution in [3.63, 3.8) is 0 Å². The highest BCUT2D eigenvalue weighted by molar-refractivity contribution is 6.74. The quantitative estimate of drug-likeness (QED) is 0.338. The number of ether oxygens (including phenoxy) is 1. The first-order valence-electron chi connectivity index (χ1n) is 8.73. The number of H-pyrrole nitrogens is 1. The van der Waals surface area contributed by atoms with Gasteiger partial charge in [-0.1, -0.05) is 32.8 Å². The van der Waals surface area contributed by atoms with E-state index >= 15 is 0 Å². The van der Waals surface area contributed by atoms with Crippen LogP contribution in [0.25, 0.3) is 10.4 Å². The number of azide groups is 1. The molecule has 11 heteroatoms. The van der Waals surface area contributed by atoms with Gasteiger partial charge < -0.3 is 14.3 Å². The van der Waals surface area contributed by atoms with Gasteiger partial charge in [0.1, 0.15) is 6.23 Å². The fourth-order valence-corrected chi connectivity index (χ4v) is 4.28. The average Bonchev–Trinajstić information content (AvgIpc) is 2.80. The van der Waals surface area contributed by atoms with Gasteiger partial charge in [-0.2, -0.15) is 0 Å². The Bertz CT molecular complexity index is 854. The van der Waals surface area contributed by atoms with Gasteiger partial charge in [0.05, 0.1) is 12.7 Å². The third-order valence-electron chi connectivity index (χ3n) is 5.49. The lowest BCUT2D eigenvalue weighted by atomic mass is 9.98. The standard InChI is InChI=1S/C16H27N5O5Si/c1-10-12(26-27(5,6)15(2,3)4)16(9-22,19-20-17)25-13(10)21-8-7-11(23)18-14(21)24/h7-8,10,12-13,22H,9H2,1-6H3,(H,18,23,24). The Balaban J connectivity index is 2.54. The van der Waals surface area contributed by atoms with Crippen molar-refractivity contribution in [3.8, 4) is 0 Å². The number of hydrogen-bond donors (Lipinski definition) is 2. The van der Waals surface area contributed by atoms with E-state index in [2.05, 4.69) is 35.8 Å². The number of nitrogens with one attached hydrogen (secondary N) is 1. The second kappa shape index (κ2) is 7.25. The normalized spacial score (nSPS) is 28.8. The van der Waals surface area contributed by atoms with Crippen LogP contribution < -0.4 is 11.2 Å². The van der Waals surface area contributed by atoms with Crippen molar-refractivity contribution in [2.75, 3.05) is 6.61 Å². The molecule has 1 aliphatic heterocycles. The van der Waals surface area contributed by atoms with Crippen molar-refractivity contribution in [1.29, 1.82) is 0 Å². The van der Waals surface area contributed by atoms with Crippen LogP contribution in [0.3, 0.4) is 0 Å². The molecule has 1 saturated heterocycles. The van der Waals surface area contributed by atoms with Crippen LogP contribution in [-0.4, -0.2) is 41.4 Å². The molecule has 150 valence electrons. The van der Waals surface area contributed by atoms with Crippen molar-refractivity contribution < 1.29 is 14.3 Å². The molecule has 27 heavy (non-hydrogen) atoms. The first-order chi connectivity index (χ1) is 12.4. The minimum absolute atomic E-state index is 0.128.